The van der Waals surface area contributed by atoms with Crippen molar-refractivity contribution >= 4 is 23.9 Å². The molecule has 0 saturated carbocycles. The third kappa shape index (κ3) is 7.84. The average molecular weight is 497 g/mol. The van der Waals surface area contributed by atoms with Gasteiger partial charge in [0.1, 0.15) is 24.2 Å². The van der Waals surface area contributed by atoms with Crippen molar-refractivity contribution in [1.82, 2.24) is 0 Å². The Bertz CT molecular complexity index is 949. The summed E-state index contributed by atoms with van der Waals surface area (Å²) >= 11 is 0. The minimum Gasteiger partial charge on any atom is -0.508 e. The van der Waals surface area contributed by atoms with Crippen LogP contribution in [0.2, 0.25) is 0 Å². The Morgan fingerprint density at radius 1 is 0.857 bits per heavy atom. The van der Waals surface area contributed by atoms with Gasteiger partial charge in [0, 0.05) is 33.3 Å². The lowest BCUT2D eigenvalue weighted by atomic mass is 9.86. The second-order valence-corrected chi connectivity index (χ2v) is 9.11. The van der Waals surface area contributed by atoms with Gasteiger partial charge in [0.05, 0.1) is 0 Å². The van der Waals surface area contributed by atoms with Crippen LogP contribution >= 0.6 is 0 Å². The van der Waals surface area contributed by atoms with E-state index in [1.165, 1.54) is 19.1 Å². The van der Waals surface area contributed by atoms with Crippen LogP contribution in [0.1, 0.15) is 54.0 Å². The highest BCUT2D eigenvalue weighted by molar-refractivity contribution is 5.68. The van der Waals surface area contributed by atoms with Gasteiger partial charge in [-0.05, 0) is 23.6 Å². The number of benzene rings is 1. The van der Waals surface area contributed by atoms with E-state index in [9.17, 15) is 24.3 Å². The predicted molar refractivity (Wildman–Crippen MR) is 119 cm³/mol. The molecule has 0 aromatic heterocycles. The fourth-order valence-electron chi connectivity index (χ4n) is 3.61. The van der Waals surface area contributed by atoms with Crippen molar-refractivity contribution in [2.75, 3.05) is 6.61 Å². The zero-order chi connectivity index (χ0) is 26.5. The number of rotatable bonds is 7. The molecule has 1 fully saturated rings. The van der Waals surface area contributed by atoms with E-state index < -0.39 is 60.0 Å². The molecule has 1 aromatic rings. The minimum absolute atomic E-state index is 0.0615. The fraction of sp³-hybridized carbons (Fsp3) is 0.583. The molecule has 1 N–H and O–H groups in total. The molecule has 2 rings (SSSR count). The van der Waals surface area contributed by atoms with Crippen LogP contribution in [0, 0.1) is 0 Å². The van der Waals surface area contributed by atoms with Crippen molar-refractivity contribution < 1.29 is 52.7 Å². The first-order chi connectivity index (χ1) is 16.2. The second kappa shape index (κ2) is 11.4. The first kappa shape index (κ1) is 27.9. The Morgan fingerprint density at radius 2 is 1.40 bits per heavy atom. The van der Waals surface area contributed by atoms with Gasteiger partial charge >= 0.3 is 23.9 Å². The summed E-state index contributed by atoms with van der Waals surface area (Å²) in [6.07, 6.45) is -6.43. The van der Waals surface area contributed by atoms with Crippen molar-refractivity contribution in [3.05, 3.63) is 23.8 Å². The highest BCUT2D eigenvalue weighted by Crippen LogP contribution is 2.36. The molecular formula is C24H32O11. The molecular weight excluding hydrogens is 464 g/mol. The molecule has 0 aliphatic carbocycles. The Labute approximate surface area is 203 Å². The maximum absolute atomic E-state index is 11.9. The van der Waals surface area contributed by atoms with Gasteiger partial charge in [0.25, 0.3) is 0 Å². The van der Waals surface area contributed by atoms with Gasteiger partial charge in [-0.25, -0.2) is 0 Å². The van der Waals surface area contributed by atoms with Crippen LogP contribution in [0.3, 0.4) is 0 Å². The summed E-state index contributed by atoms with van der Waals surface area (Å²) in [5.74, 6) is -2.49. The van der Waals surface area contributed by atoms with E-state index in [-0.39, 0.29) is 18.1 Å². The standard InChI is InChI=1S/C24H32O11/c1-12(25)30-11-19-20(31-13(2)26)21(32-14(3)27)22(33-15(4)28)23(35-19)34-16-8-9-18(29)17(10-16)24(5,6)7/h8-10,19-23,29H,11H2,1-7H3/t19-,20+,21-,22+,23+/m0/s1. The molecule has 0 bridgehead atoms. The van der Waals surface area contributed by atoms with Crippen molar-refractivity contribution in [2.24, 2.45) is 0 Å². The Hall–Kier alpha value is -3.34. The lowest BCUT2D eigenvalue weighted by Crippen LogP contribution is -2.63. The minimum atomic E-state index is -1.35. The molecule has 1 saturated heterocycles. The Morgan fingerprint density at radius 3 is 1.91 bits per heavy atom. The average Bonchev–Trinajstić information content (AvgIpc) is 2.70. The summed E-state index contributed by atoms with van der Waals surface area (Å²) in [6.45, 7) is 9.96. The maximum Gasteiger partial charge on any atom is 0.303 e. The molecule has 1 aliphatic heterocycles. The van der Waals surface area contributed by atoms with Crippen LogP contribution in [0.5, 0.6) is 11.5 Å². The first-order valence-electron chi connectivity index (χ1n) is 11.0. The van der Waals surface area contributed by atoms with Crippen molar-refractivity contribution in [3.63, 3.8) is 0 Å². The number of hydrogen-bond donors (Lipinski definition) is 1. The highest BCUT2D eigenvalue weighted by atomic mass is 16.7. The topological polar surface area (TPSA) is 144 Å². The van der Waals surface area contributed by atoms with Crippen LogP contribution in [0.15, 0.2) is 18.2 Å². The molecule has 0 radical (unpaired) electrons. The zero-order valence-corrected chi connectivity index (χ0v) is 20.9. The number of aromatic hydroxyl groups is 1. The summed E-state index contributed by atoms with van der Waals surface area (Å²) in [7, 11) is 0. The third-order valence-electron chi connectivity index (χ3n) is 4.98. The van der Waals surface area contributed by atoms with Crippen molar-refractivity contribution in [1.29, 1.82) is 0 Å². The van der Waals surface area contributed by atoms with E-state index in [0.29, 0.717) is 5.56 Å². The lowest BCUT2D eigenvalue weighted by Gasteiger charge is -2.44. The van der Waals surface area contributed by atoms with E-state index in [1.54, 1.807) is 6.07 Å². The molecule has 1 aliphatic rings. The van der Waals surface area contributed by atoms with Gasteiger partial charge in [-0.15, -0.1) is 0 Å². The molecule has 1 heterocycles. The number of phenols is 1. The van der Waals surface area contributed by atoms with E-state index >= 15 is 0 Å². The quantitative estimate of drug-likeness (QED) is 0.438. The molecule has 1 aromatic carbocycles. The van der Waals surface area contributed by atoms with E-state index in [4.69, 9.17) is 28.4 Å². The van der Waals surface area contributed by atoms with Gasteiger partial charge in [0.2, 0.25) is 12.4 Å². The normalized spacial score (nSPS) is 24.1. The summed E-state index contributed by atoms with van der Waals surface area (Å²) in [4.78, 5) is 47.0. The molecule has 194 valence electrons. The predicted octanol–water partition coefficient (Wildman–Crippen LogP) is 2.15. The summed E-state index contributed by atoms with van der Waals surface area (Å²) in [6, 6.07) is 4.53. The van der Waals surface area contributed by atoms with Gasteiger partial charge in [-0.2, -0.15) is 0 Å². The fourth-order valence-corrected chi connectivity index (χ4v) is 3.61. The SMILES string of the molecule is CC(=O)OC[C@@H]1O[C@@H](Oc2ccc(O)c(C(C)(C)C)c2)[C@H](OC(C)=O)[C@@H](OC(C)=O)[C@@H]1OC(C)=O. The summed E-state index contributed by atoms with van der Waals surface area (Å²) in [5.41, 5.74) is 0.158. The monoisotopic (exact) mass is 496 g/mol. The summed E-state index contributed by atoms with van der Waals surface area (Å²) < 4.78 is 33.1. The Balaban J connectivity index is 2.51. The third-order valence-corrected chi connectivity index (χ3v) is 4.98. The lowest BCUT2D eigenvalue weighted by molar-refractivity contribution is -0.288. The number of esters is 4. The molecule has 0 unspecified atom stereocenters. The van der Waals surface area contributed by atoms with Crippen LogP contribution in [0.4, 0.5) is 0 Å². The van der Waals surface area contributed by atoms with Crippen LogP contribution in [-0.2, 0) is 48.3 Å². The number of hydrogen-bond acceptors (Lipinski definition) is 11. The van der Waals surface area contributed by atoms with Gasteiger partial charge in [0.15, 0.2) is 12.2 Å². The van der Waals surface area contributed by atoms with Crippen molar-refractivity contribution in [3.8, 4) is 11.5 Å². The number of carbonyl (C=O) groups is 4. The van der Waals surface area contributed by atoms with Crippen LogP contribution < -0.4 is 4.74 Å². The summed E-state index contributed by atoms with van der Waals surface area (Å²) in [5, 5.41) is 10.3. The first-order valence-corrected chi connectivity index (χ1v) is 11.0. The van der Waals surface area contributed by atoms with Gasteiger partial charge in [-0.1, -0.05) is 20.8 Å². The smallest absolute Gasteiger partial charge is 0.303 e. The van der Waals surface area contributed by atoms with Crippen LogP contribution in [-0.4, -0.2) is 66.3 Å². The largest absolute Gasteiger partial charge is 0.508 e. The zero-order valence-electron chi connectivity index (χ0n) is 20.9. The Kier molecular flexibility index (Phi) is 9.08. The second-order valence-electron chi connectivity index (χ2n) is 9.11. The molecule has 11 heteroatoms. The molecule has 35 heavy (non-hydrogen) atoms. The molecule has 5 atom stereocenters. The molecule has 0 spiro atoms. The van der Waals surface area contributed by atoms with Crippen molar-refractivity contribution in [2.45, 2.75) is 84.6 Å². The van der Waals surface area contributed by atoms with E-state index in [0.717, 1.165) is 20.8 Å². The highest BCUT2D eigenvalue weighted by Gasteiger charge is 2.53. The molecule has 11 nitrogen and oxygen atoms in total. The van der Waals surface area contributed by atoms with Gasteiger partial charge in [-0.3, -0.25) is 19.2 Å². The van der Waals surface area contributed by atoms with Crippen LogP contribution in [0.25, 0.3) is 0 Å². The number of phenolic OH excluding ortho intramolecular Hbond substituents is 1. The van der Waals surface area contributed by atoms with E-state index in [2.05, 4.69) is 0 Å². The van der Waals surface area contributed by atoms with E-state index in [1.807, 2.05) is 20.8 Å². The maximum atomic E-state index is 11.9. The van der Waals surface area contributed by atoms with Gasteiger partial charge < -0.3 is 33.5 Å². The number of carbonyl (C=O) groups excluding carboxylic acids is 4. The molecule has 0 amide bonds. The number of ether oxygens (including phenoxy) is 6.